The van der Waals surface area contributed by atoms with Gasteiger partial charge in [-0.3, -0.25) is 9.69 Å². The second-order valence-corrected chi connectivity index (χ2v) is 17.0. The number of aliphatic hydroxyl groups excluding tert-OH is 1. The number of benzene rings is 6. The molecule has 6 aromatic rings. The molecule has 0 bridgehead atoms. The topological polar surface area (TPSA) is 117 Å². The standard InChI is InChI=1S/C48H51N3O6S/c1-32-17-25-43(26-18-32)58(54,55)50-44(27-35-11-6-5-7-12-35)47(53)49-42-16-10-15-41(29-42)48-56-45(33(2)46(57-48)38-21-19-36(31-52)20-22-38)30-51(4)34(3)39-24-23-37-13-8-9-14-40(37)28-39/h5-26,28-29,33-34,44-46,48,50,52H,27,30-31H2,1-4H3,(H,49,53)/t33-,34-,44-,45+,46+,48+/m1/s1. The highest BCUT2D eigenvalue weighted by Crippen LogP contribution is 2.42. The van der Waals surface area contributed by atoms with E-state index < -0.39 is 28.3 Å². The molecule has 1 saturated heterocycles. The van der Waals surface area contributed by atoms with Crippen molar-refractivity contribution < 1.29 is 27.8 Å². The highest BCUT2D eigenvalue weighted by Gasteiger charge is 2.39. The lowest BCUT2D eigenvalue weighted by Gasteiger charge is -2.43. The molecule has 1 amide bonds. The van der Waals surface area contributed by atoms with Gasteiger partial charge in [-0.1, -0.05) is 128 Å². The zero-order valence-corrected chi connectivity index (χ0v) is 34.1. The molecular formula is C48H51N3O6S. The number of hydrogen-bond donors (Lipinski definition) is 3. The molecule has 1 aliphatic rings. The van der Waals surface area contributed by atoms with Crippen molar-refractivity contribution in [3.8, 4) is 0 Å². The number of fused-ring (bicyclic) bond motifs is 1. The summed E-state index contributed by atoms with van der Waals surface area (Å²) in [6, 6.07) is 44.9. The summed E-state index contributed by atoms with van der Waals surface area (Å²) in [4.78, 5) is 16.4. The maximum Gasteiger partial charge on any atom is 0.242 e. The summed E-state index contributed by atoms with van der Waals surface area (Å²) >= 11 is 0. The van der Waals surface area contributed by atoms with Gasteiger partial charge < -0.3 is 19.9 Å². The Morgan fingerprint density at radius 2 is 1.48 bits per heavy atom. The van der Waals surface area contributed by atoms with E-state index in [-0.39, 0.29) is 42.1 Å². The van der Waals surface area contributed by atoms with Crippen LogP contribution in [-0.2, 0) is 37.3 Å². The summed E-state index contributed by atoms with van der Waals surface area (Å²) in [7, 11) is -1.91. The summed E-state index contributed by atoms with van der Waals surface area (Å²) < 4.78 is 43.2. The molecule has 10 heteroatoms. The molecule has 1 fully saturated rings. The van der Waals surface area contributed by atoms with E-state index in [0.717, 1.165) is 22.3 Å². The first-order valence-electron chi connectivity index (χ1n) is 19.7. The first-order chi connectivity index (χ1) is 28.0. The van der Waals surface area contributed by atoms with E-state index in [9.17, 15) is 18.3 Å². The van der Waals surface area contributed by atoms with E-state index in [2.05, 4.69) is 78.3 Å². The van der Waals surface area contributed by atoms with Gasteiger partial charge in [-0.05, 0) is 90.7 Å². The third-order valence-electron chi connectivity index (χ3n) is 11.2. The molecule has 0 radical (unpaired) electrons. The van der Waals surface area contributed by atoms with Crippen molar-refractivity contribution >= 4 is 32.4 Å². The third kappa shape index (κ3) is 9.73. The quantitative estimate of drug-likeness (QED) is 0.101. The SMILES string of the molecule is Cc1ccc(S(=O)(=O)N[C@H](Cc2ccccc2)C(=O)Nc2cccc([C@H]3O[C@@H](CN(C)[C@H](C)c4ccc5ccccc5c4)[C@@H](C)[C@@H](c4ccc(CO)cc4)O3)c2)cc1. The van der Waals surface area contributed by atoms with Crippen molar-refractivity contribution in [2.24, 2.45) is 5.92 Å². The van der Waals surface area contributed by atoms with Crippen LogP contribution in [0.15, 0.2) is 150 Å². The minimum atomic E-state index is -4.02. The second kappa shape index (κ2) is 18.2. The van der Waals surface area contributed by atoms with Crippen molar-refractivity contribution in [1.29, 1.82) is 0 Å². The summed E-state index contributed by atoms with van der Waals surface area (Å²) in [5.41, 5.74) is 5.92. The molecule has 6 atom stereocenters. The Bertz CT molecular complexity index is 2430. The molecule has 0 saturated carbocycles. The zero-order chi connectivity index (χ0) is 40.8. The number of sulfonamides is 1. The largest absolute Gasteiger partial charge is 0.392 e. The molecule has 0 unspecified atom stereocenters. The highest BCUT2D eigenvalue weighted by atomic mass is 32.2. The first-order valence-corrected chi connectivity index (χ1v) is 21.2. The number of hydrogen-bond acceptors (Lipinski definition) is 7. The van der Waals surface area contributed by atoms with Crippen molar-refractivity contribution in [1.82, 2.24) is 9.62 Å². The fraction of sp³-hybridized carbons (Fsp3) is 0.271. The molecule has 7 rings (SSSR count). The minimum absolute atomic E-state index is 0.0364. The number of aryl methyl sites for hydroxylation is 1. The summed E-state index contributed by atoms with van der Waals surface area (Å²) in [5, 5.41) is 15.1. The minimum Gasteiger partial charge on any atom is -0.392 e. The summed E-state index contributed by atoms with van der Waals surface area (Å²) in [6.45, 7) is 6.80. The van der Waals surface area contributed by atoms with Crippen molar-refractivity contribution in [3.05, 3.63) is 179 Å². The highest BCUT2D eigenvalue weighted by molar-refractivity contribution is 7.89. The van der Waals surface area contributed by atoms with E-state index >= 15 is 0 Å². The molecule has 0 aliphatic carbocycles. The Hall–Kier alpha value is -5.20. The molecule has 1 aliphatic heterocycles. The Morgan fingerprint density at radius 3 is 2.21 bits per heavy atom. The van der Waals surface area contributed by atoms with Crippen molar-refractivity contribution in [3.63, 3.8) is 0 Å². The van der Waals surface area contributed by atoms with Gasteiger partial charge in [-0.2, -0.15) is 4.72 Å². The van der Waals surface area contributed by atoms with Crippen LogP contribution in [0.1, 0.15) is 65.7 Å². The normalized spacial score (nSPS) is 19.5. The smallest absolute Gasteiger partial charge is 0.242 e. The van der Waals surface area contributed by atoms with Crippen LogP contribution in [0.2, 0.25) is 0 Å². The molecule has 3 N–H and O–H groups in total. The number of likely N-dealkylation sites (N-methyl/N-ethyl adjacent to an activating group) is 1. The third-order valence-corrected chi connectivity index (χ3v) is 12.7. The Labute approximate surface area is 341 Å². The summed E-state index contributed by atoms with van der Waals surface area (Å²) in [5.74, 6) is -0.537. The van der Waals surface area contributed by atoms with Gasteiger partial charge in [-0.15, -0.1) is 0 Å². The van der Waals surface area contributed by atoms with Crippen LogP contribution in [0.3, 0.4) is 0 Å². The average Bonchev–Trinajstić information content (AvgIpc) is 3.24. The molecule has 1 heterocycles. The van der Waals surface area contributed by atoms with Crippen LogP contribution in [0.25, 0.3) is 10.8 Å². The molecule has 0 aromatic heterocycles. The van der Waals surface area contributed by atoms with Crippen LogP contribution in [0.5, 0.6) is 0 Å². The van der Waals surface area contributed by atoms with Gasteiger partial charge in [0.05, 0.1) is 23.7 Å². The number of carbonyl (C=O) groups excluding carboxylic acids is 1. The Morgan fingerprint density at radius 1 is 0.776 bits per heavy atom. The van der Waals surface area contributed by atoms with Crippen LogP contribution < -0.4 is 10.0 Å². The van der Waals surface area contributed by atoms with E-state index in [1.807, 2.05) is 79.7 Å². The maximum absolute atomic E-state index is 14.0. The molecular weight excluding hydrogens is 747 g/mol. The molecule has 9 nitrogen and oxygen atoms in total. The van der Waals surface area contributed by atoms with Gasteiger partial charge in [0, 0.05) is 29.8 Å². The maximum atomic E-state index is 14.0. The van der Waals surface area contributed by atoms with Gasteiger partial charge in [-0.25, -0.2) is 8.42 Å². The fourth-order valence-corrected chi connectivity index (χ4v) is 8.69. The van der Waals surface area contributed by atoms with Gasteiger partial charge in [0.25, 0.3) is 0 Å². The number of amides is 1. The van der Waals surface area contributed by atoms with E-state index in [0.29, 0.717) is 17.8 Å². The number of rotatable bonds is 14. The van der Waals surface area contributed by atoms with Crippen molar-refractivity contribution in [2.75, 3.05) is 18.9 Å². The second-order valence-electron chi connectivity index (χ2n) is 15.3. The lowest BCUT2D eigenvalue weighted by molar-refractivity contribution is -0.276. The number of anilines is 1. The number of aliphatic hydroxyl groups is 1. The molecule has 6 aromatic carbocycles. The average molecular weight is 798 g/mol. The molecule has 58 heavy (non-hydrogen) atoms. The van der Waals surface area contributed by atoms with E-state index in [1.54, 1.807) is 18.2 Å². The van der Waals surface area contributed by atoms with Crippen molar-refractivity contribution in [2.45, 2.75) is 69.3 Å². The van der Waals surface area contributed by atoms with Gasteiger partial charge in [0.2, 0.25) is 15.9 Å². The van der Waals surface area contributed by atoms with Crippen LogP contribution in [0, 0.1) is 12.8 Å². The first kappa shape index (κ1) is 41.0. The number of nitrogens with one attached hydrogen (secondary N) is 2. The van der Waals surface area contributed by atoms with E-state index in [4.69, 9.17) is 9.47 Å². The molecule has 300 valence electrons. The van der Waals surface area contributed by atoms with Gasteiger partial charge >= 0.3 is 0 Å². The number of ether oxygens (including phenoxy) is 2. The lowest BCUT2D eigenvalue weighted by atomic mass is 9.89. The number of carbonyl (C=O) groups is 1. The van der Waals surface area contributed by atoms with E-state index in [1.165, 1.54) is 28.5 Å². The van der Waals surface area contributed by atoms with Gasteiger partial charge in [0.1, 0.15) is 6.04 Å². The Kier molecular flexibility index (Phi) is 12.8. The van der Waals surface area contributed by atoms with Crippen LogP contribution in [-0.4, -0.2) is 50.1 Å². The Balaban J connectivity index is 1.13. The van der Waals surface area contributed by atoms with Crippen LogP contribution in [0.4, 0.5) is 5.69 Å². The van der Waals surface area contributed by atoms with Crippen LogP contribution >= 0.6 is 0 Å². The monoisotopic (exact) mass is 797 g/mol. The predicted molar refractivity (Wildman–Crippen MR) is 228 cm³/mol. The number of nitrogens with zero attached hydrogens (tertiary/aromatic N) is 1. The molecule has 0 spiro atoms. The predicted octanol–water partition coefficient (Wildman–Crippen LogP) is 8.65. The van der Waals surface area contributed by atoms with Gasteiger partial charge in [0.15, 0.2) is 6.29 Å². The summed E-state index contributed by atoms with van der Waals surface area (Å²) in [6.07, 6.45) is -1.19. The zero-order valence-electron chi connectivity index (χ0n) is 33.3. The lowest BCUT2D eigenvalue weighted by Crippen LogP contribution is -2.45. The fourth-order valence-electron chi connectivity index (χ4n) is 7.50.